The van der Waals surface area contributed by atoms with Gasteiger partial charge in [-0.25, -0.2) is 9.67 Å². The smallest absolute Gasteiger partial charge is 0.372 e. The first kappa shape index (κ1) is 15.3. The summed E-state index contributed by atoms with van der Waals surface area (Å²) in [6, 6.07) is 1.46. The maximum absolute atomic E-state index is 12.8. The second-order valence-electron chi connectivity index (χ2n) is 5.09. The lowest BCUT2D eigenvalue weighted by molar-refractivity contribution is -0.137. The molecule has 1 fully saturated rings. The van der Waals surface area contributed by atoms with Crippen LogP contribution in [-0.4, -0.2) is 26.8 Å². The molecule has 0 atom stereocenters. The summed E-state index contributed by atoms with van der Waals surface area (Å²) < 4.78 is 39.7. The topological polar surface area (TPSA) is 84.7 Å². The van der Waals surface area contributed by atoms with Crippen LogP contribution in [0.2, 0.25) is 0 Å². The molecule has 1 aliphatic rings. The Kier molecular flexibility index (Phi) is 3.66. The van der Waals surface area contributed by atoms with Crippen molar-refractivity contribution in [3.05, 3.63) is 34.4 Å². The van der Waals surface area contributed by atoms with E-state index in [4.69, 9.17) is 0 Å². The van der Waals surface area contributed by atoms with Gasteiger partial charge in [0.05, 0.1) is 17.9 Å². The molecule has 0 spiro atoms. The molecule has 10 heteroatoms. The number of anilines is 3. The van der Waals surface area contributed by atoms with Crippen LogP contribution in [0.25, 0.3) is 0 Å². The van der Waals surface area contributed by atoms with Gasteiger partial charge in [0.15, 0.2) is 0 Å². The van der Waals surface area contributed by atoms with Crippen LogP contribution in [0.1, 0.15) is 24.4 Å². The van der Waals surface area contributed by atoms with Gasteiger partial charge in [0, 0.05) is 19.3 Å². The molecule has 3 rings (SSSR count). The van der Waals surface area contributed by atoms with Crippen molar-refractivity contribution in [3.63, 3.8) is 0 Å². The third-order valence-corrected chi connectivity index (χ3v) is 3.31. The maximum atomic E-state index is 12.8. The van der Waals surface area contributed by atoms with Gasteiger partial charge in [-0.3, -0.25) is 4.79 Å². The Morgan fingerprint density at radius 2 is 2.04 bits per heavy atom. The zero-order valence-electron chi connectivity index (χ0n) is 12.1. The van der Waals surface area contributed by atoms with Crippen molar-refractivity contribution in [2.75, 3.05) is 17.7 Å². The highest BCUT2D eigenvalue weighted by molar-refractivity contribution is 5.55. The van der Waals surface area contributed by atoms with Gasteiger partial charge in [0.2, 0.25) is 5.95 Å². The van der Waals surface area contributed by atoms with Crippen molar-refractivity contribution in [2.24, 2.45) is 0 Å². The Morgan fingerprint density at radius 3 is 2.61 bits per heavy atom. The lowest BCUT2D eigenvalue weighted by atomic mass is 10.3. The molecule has 122 valence electrons. The van der Waals surface area contributed by atoms with Gasteiger partial charge in [-0.1, -0.05) is 0 Å². The summed E-state index contributed by atoms with van der Waals surface area (Å²) in [5.74, 6) is -0.415. The predicted molar refractivity (Wildman–Crippen MR) is 76.6 cm³/mol. The van der Waals surface area contributed by atoms with Crippen LogP contribution in [0, 0.1) is 0 Å². The molecule has 1 saturated carbocycles. The molecule has 23 heavy (non-hydrogen) atoms. The van der Waals surface area contributed by atoms with Gasteiger partial charge >= 0.3 is 6.18 Å². The second-order valence-corrected chi connectivity index (χ2v) is 5.09. The summed E-state index contributed by atoms with van der Waals surface area (Å²) in [6.45, 7) is 0. The average Bonchev–Trinajstić information content (AvgIpc) is 3.30. The summed E-state index contributed by atoms with van der Waals surface area (Å²) in [5, 5.41) is 9.08. The van der Waals surface area contributed by atoms with E-state index in [2.05, 4.69) is 25.7 Å². The van der Waals surface area contributed by atoms with E-state index in [0.717, 1.165) is 12.8 Å². The minimum Gasteiger partial charge on any atom is -0.372 e. The number of nitrogens with zero attached hydrogens (tertiary/aromatic N) is 4. The van der Waals surface area contributed by atoms with E-state index in [-0.39, 0.29) is 23.4 Å². The van der Waals surface area contributed by atoms with E-state index >= 15 is 0 Å². The van der Waals surface area contributed by atoms with Crippen LogP contribution >= 0.6 is 0 Å². The summed E-state index contributed by atoms with van der Waals surface area (Å²) in [5.41, 5.74) is -0.931. The van der Waals surface area contributed by atoms with E-state index in [0.29, 0.717) is 11.9 Å². The lowest BCUT2D eigenvalue weighted by Gasteiger charge is -2.12. The van der Waals surface area contributed by atoms with Crippen molar-refractivity contribution in [3.8, 4) is 0 Å². The predicted octanol–water partition coefficient (Wildman–Crippen LogP) is 2.17. The Morgan fingerprint density at radius 1 is 1.30 bits per heavy atom. The van der Waals surface area contributed by atoms with Crippen molar-refractivity contribution in [1.29, 1.82) is 0 Å². The standard InChI is InChI=1S/C13H13F3N6O/c1-17-11-9(13(14,15)16)6-18-12(21-11)20-7-4-10(23)22(19-5-7)8-2-3-8/h4-6,8H,2-3H2,1H3,(H2,17,18,20,21). The lowest BCUT2D eigenvalue weighted by Crippen LogP contribution is -2.21. The number of hydrogen-bond donors (Lipinski definition) is 2. The molecule has 2 N–H and O–H groups in total. The van der Waals surface area contributed by atoms with Crippen LogP contribution < -0.4 is 16.2 Å². The van der Waals surface area contributed by atoms with Gasteiger partial charge in [0.25, 0.3) is 5.56 Å². The van der Waals surface area contributed by atoms with Crippen LogP contribution in [0.4, 0.5) is 30.6 Å². The highest BCUT2D eigenvalue weighted by atomic mass is 19.4. The van der Waals surface area contributed by atoms with Crippen LogP contribution in [-0.2, 0) is 6.18 Å². The van der Waals surface area contributed by atoms with Crippen molar-refractivity contribution >= 4 is 17.5 Å². The average molecular weight is 326 g/mol. The monoisotopic (exact) mass is 326 g/mol. The van der Waals surface area contributed by atoms with E-state index in [9.17, 15) is 18.0 Å². The number of nitrogens with one attached hydrogen (secondary N) is 2. The molecule has 0 amide bonds. The molecule has 0 saturated heterocycles. The fourth-order valence-corrected chi connectivity index (χ4v) is 2.05. The van der Waals surface area contributed by atoms with Crippen molar-refractivity contribution in [1.82, 2.24) is 19.7 Å². The molecule has 2 aromatic heterocycles. The molecule has 1 aliphatic carbocycles. The third kappa shape index (κ3) is 3.25. The number of halogens is 3. The van der Waals surface area contributed by atoms with Crippen LogP contribution in [0.15, 0.2) is 23.3 Å². The molecule has 0 aliphatic heterocycles. The van der Waals surface area contributed by atoms with Gasteiger partial charge in [-0.2, -0.15) is 23.3 Å². The number of aromatic nitrogens is 4. The molecule has 2 heterocycles. The minimum absolute atomic E-state index is 0.0623. The first-order chi connectivity index (χ1) is 10.9. The zero-order chi connectivity index (χ0) is 16.6. The van der Waals surface area contributed by atoms with Crippen LogP contribution in [0.5, 0.6) is 0 Å². The maximum Gasteiger partial charge on any atom is 0.421 e. The van der Waals surface area contributed by atoms with Gasteiger partial charge in [0.1, 0.15) is 11.4 Å². The van der Waals surface area contributed by atoms with Gasteiger partial charge < -0.3 is 10.6 Å². The van der Waals surface area contributed by atoms with E-state index < -0.39 is 11.7 Å². The molecule has 7 nitrogen and oxygen atoms in total. The van der Waals surface area contributed by atoms with E-state index in [1.54, 1.807) is 0 Å². The van der Waals surface area contributed by atoms with E-state index in [1.807, 2.05) is 0 Å². The molecule has 0 radical (unpaired) electrons. The Hall–Kier alpha value is -2.65. The Balaban J connectivity index is 1.85. The highest BCUT2D eigenvalue weighted by Gasteiger charge is 2.35. The molecular weight excluding hydrogens is 313 g/mol. The van der Waals surface area contributed by atoms with E-state index in [1.165, 1.54) is 24.0 Å². The minimum atomic E-state index is -4.55. The summed E-state index contributed by atoms with van der Waals surface area (Å²) in [7, 11) is 1.33. The molecule has 0 aromatic carbocycles. The van der Waals surface area contributed by atoms with Gasteiger partial charge in [-0.05, 0) is 12.8 Å². The number of alkyl halides is 3. The normalized spacial score (nSPS) is 14.6. The third-order valence-electron chi connectivity index (χ3n) is 3.31. The van der Waals surface area contributed by atoms with Crippen LogP contribution in [0.3, 0.4) is 0 Å². The van der Waals surface area contributed by atoms with Crippen molar-refractivity contribution in [2.45, 2.75) is 25.1 Å². The summed E-state index contributed by atoms with van der Waals surface area (Å²) in [6.07, 6.45) is -0.608. The highest BCUT2D eigenvalue weighted by Crippen LogP contribution is 2.34. The Labute approximate surface area is 128 Å². The first-order valence-corrected chi connectivity index (χ1v) is 6.86. The SMILES string of the molecule is CNc1nc(Nc2cnn(C3CC3)c(=O)c2)ncc1C(F)(F)F. The largest absolute Gasteiger partial charge is 0.421 e. The molecule has 0 unspecified atom stereocenters. The Bertz CT molecular complexity index is 784. The number of hydrogen-bond acceptors (Lipinski definition) is 6. The second kappa shape index (κ2) is 5.52. The molecular formula is C13H13F3N6O. The molecule has 2 aromatic rings. The quantitative estimate of drug-likeness (QED) is 0.896. The van der Waals surface area contributed by atoms with Crippen molar-refractivity contribution < 1.29 is 13.2 Å². The first-order valence-electron chi connectivity index (χ1n) is 6.86. The van der Waals surface area contributed by atoms with Gasteiger partial charge in [-0.15, -0.1) is 0 Å². The summed E-state index contributed by atoms with van der Waals surface area (Å²) in [4.78, 5) is 19.3. The molecule has 0 bridgehead atoms. The summed E-state index contributed by atoms with van der Waals surface area (Å²) >= 11 is 0. The fraction of sp³-hybridized carbons (Fsp3) is 0.385. The number of rotatable bonds is 4. The fourth-order valence-electron chi connectivity index (χ4n) is 2.05. The zero-order valence-corrected chi connectivity index (χ0v) is 12.1.